The van der Waals surface area contributed by atoms with E-state index >= 15 is 0 Å². The van der Waals surface area contributed by atoms with E-state index in [1.54, 1.807) is 6.20 Å². The molecule has 2 aromatic rings. The number of rotatable bonds is 7. The molecule has 2 aliphatic heterocycles. The fourth-order valence-electron chi connectivity index (χ4n) is 3.84. The number of aryl methyl sites for hydroxylation is 1. The molecule has 0 radical (unpaired) electrons. The SMILES string of the molecule is Cc1cccc2c1/C(=C\Nc1ccc(OCCCN3CCC(F)C3)cc1)C(=O)N2. The summed E-state index contributed by atoms with van der Waals surface area (Å²) in [6.45, 7) is 4.88. The van der Waals surface area contributed by atoms with Crippen molar-refractivity contribution in [3.05, 3.63) is 59.8 Å². The zero-order valence-corrected chi connectivity index (χ0v) is 16.6. The number of nitrogens with one attached hydrogen (secondary N) is 2. The number of alkyl halides is 1. The molecule has 0 saturated carbocycles. The molecule has 2 aliphatic rings. The van der Waals surface area contributed by atoms with E-state index in [-0.39, 0.29) is 5.91 Å². The van der Waals surface area contributed by atoms with Gasteiger partial charge in [-0.1, -0.05) is 12.1 Å². The smallest absolute Gasteiger partial charge is 0.257 e. The molecule has 0 aliphatic carbocycles. The van der Waals surface area contributed by atoms with Crippen LogP contribution < -0.4 is 15.4 Å². The monoisotopic (exact) mass is 395 g/mol. The Morgan fingerprint density at radius 1 is 1.28 bits per heavy atom. The van der Waals surface area contributed by atoms with Gasteiger partial charge in [0.05, 0.1) is 12.2 Å². The molecule has 152 valence electrons. The summed E-state index contributed by atoms with van der Waals surface area (Å²) < 4.78 is 18.9. The van der Waals surface area contributed by atoms with Gasteiger partial charge < -0.3 is 20.3 Å². The van der Waals surface area contributed by atoms with Crippen LogP contribution in [0.1, 0.15) is 24.0 Å². The lowest BCUT2D eigenvalue weighted by Crippen LogP contribution is -2.23. The van der Waals surface area contributed by atoms with Crippen molar-refractivity contribution in [3.63, 3.8) is 0 Å². The van der Waals surface area contributed by atoms with Crippen LogP contribution in [-0.2, 0) is 4.79 Å². The fraction of sp³-hybridized carbons (Fsp3) is 0.348. The third-order valence-electron chi connectivity index (χ3n) is 5.37. The minimum Gasteiger partial charge on any atom is -0.494 e. The number of nitrogens with zero attached hydrogens (tertiary/aromatic N) is 1. The summed E-state index contributed by atoms with van der Waals surface area (Å²) in [5, 5.41) is 6.09. The van der Waals surface area contributed by atoms with Gasteiger partial charge in [0.25, 0.3) is 5.91 Å². The average molecular weight is 395 g/mol. The van der Waals surface area contributed by atoms with Gasteiger partial charge in [0, 0.05) is 42.8 Å². The molecule has 1 amide bonds. The Morgan fingerprint density at radius 3 is 2.86 bits per heavy atom. The molecule has 0 spiro atoms. The van der Waals surface area contributed by atoms with Crippen molar-refractivity contribution in [2.45, 2.75) is 25.9 Å². The third kappa shape index (κ3) is 4.59. The van der Waals surface area contributed by atoms with Gasteiger partial charge in [0.2, 0.25) is 0 Å². The summed E-state index contributed by atoms with van der Waals surface area (Å²) in [7, 11) is 0. The maximum Gasteiger partial charge on any atom is 0.257 e. The van der Waals surface area contributed by atoms with Crippen molar-refractivity contribution in [3.8, 4) is 5.75 Å². The predicted octanol–water partition coefficient (Wildman–Crippen LogP) is 4.21. The zero-order chi connectivity index (χ0) is 20.2. The molecule has 2 aromatic carbocycles. The Hall–Kier alpha value is -2.86. The molecule has 5 nitrogen and oxygen atoms in total. The molecule has 2 N–H and O–H groups in total. The number of hydrogen-bond donors (Lipinski definition) is 2. The van der Waals surface area contributed by atoms with E-state index < -0.39 is 6.17 Å². The molecule has 29 heavy (non-hydrogen) atoms. The summed E-state index contributed by atoms with van der Waals surface area (Å²) in [5.74, 6) is 0.701. The number of fused-ring (bicyclic) bond motifs is 1. The van der Waals surface area contributed by atoms with Crippen LogP contribution in [-0.4, -0.2) is 43.2 Å². The first kappa shape index (κ1) is 19.5. The fourth-order valence-corrected chi connectivity index (χ4v) is 3.84. The lowest BCUT2D eigenvalue weighted by Gasteiger charge is -2.14. The molecule has 0 aromatic heterocycles. The Bertz CT molecular complexity index is 911. The number of carbonyl (C=O) groups excluding carboxylic acids is 1. The second kappa shape index (κ2) is 8.66. The van der Waals surface area contributed by atoms with E-state index in [9.17, 15) is 9.18 Å². The molecule has 1 fully saturated rings. The lowest BCUT2D eigenvalue weighted by molar-refractivity contribution is -0.110. The first-order valence-corrected chi connectivity index (χ1v) is 10.1. The zero-order valence-electron chi connectivity index (χ0n) is 16.6. The van der Waals surface area contributed by atoms with Crippen LogP contribution in [0.15, 0.2) is 48.7 Å². The van der Waals surface area contributed by atoms with Crippen molar-refractivity contribution >= 4 is 22.9 Å². The largest absolute Gasteiger partial charge is 0.494 e. The van der Waals surface area contributed by atoms with Gasteiger partial charge >= 0.3 is 0 Å². The number of likely N-dealkylation sites (tertiary alicyclic amines) is 1. The van der Waals surface area contributed by atoms with E-state index in [0.29, 0.717) is 25.1 Å². The predicted molar refractivity (Wildman–Crippen MR) is 114 cm³/mol. The van der Waals surface area contributed by atoms with Crippen molar-refractivity contribution in [2.75, 3.05) is 36.9 Å². The maximum atomic E-state index is 13.2. The number of ether oxygens (including phenoxy) is 1. The summed E-state index contributed by atoms with van der Waals surface area (Å²) in [6.07, 6.45) is 2.61. The Balaban J connectivity index is 1.29. The molecule has 0 bridgehead atoms. The molecule has 1 saturated heterocycles. The Labute approximate surface area is 170 Å². The van der Waals surface area contributed by atoms with Gasteiger partial charge in [-0.25, -0.2) is 4.39 Å². The van der Waals surface area contributed by atoms with E-state index in [0.717, 1.165) is 47.8 Å². The van der Waals surface area contributed by atoms with E-state index in [1.807, 2.05) is 49.4 Å². The van der Waals surface area contributed by atoms with Gasteiger partial charge in [-0.3, -0.25) is 4.79 Å². The highest BCUT2D eigenvalue weighted by Crippen LogP contribution is 2.34. The molecule has 1 atom stereocenters. The summed E-state index contributed by atoms with van der Waals surface area (Å²) in [5.41, 5.74) is 4.38. The van der Waals surface area contributed by atoms with E-state index in [1.165, 1.54) is 0 Å². The van der Waals surface area contributed by atoms with Crippen LogP contribution in [0.3, 0.4) is 0 Å². The second-order valence-corrected chi connectivity index (χ2v) is 7.57. The van der Waals surface area contributed by atoms with Gasteiger partial charge in [-0.2, -0.15) is 0 Å². The van der Waals surface area contributed by atoms with Crippen molar-refractivity contribution < 1.29 is 13.9 Å². The second-order valence-electron chi connectivity index (χ2n) is 7.57. The Morgan fingerprint density at radius 2 is 2.10 bits per heavy atom. The minimum atomic E-state index is -0.668. The van der Waals surface area contributed by atoms with Crippen molar-refractivity contribution in [1.29, 1.82) is 0 Å². The molecule has 1 unspecified atom stereocenters. The van der Waals surface area contributed by atoms with Crippen LogP contribution in [0, 0.1) is 6.92 Å². The first-order valence-electron chi connectivity index (χ1n) is 10.1. The van der Waals surface area contributed by atoms with Gasteiger partial charge in [-0.15, -0.1) is 0 Å². The highest BCUT2D eigenvalue weighted by atomic mass is 19.1. The third-order valence-corrected chi connectivity index (χ3v) is 5.37. The van der Waals surface area contributed by atoms with Gasteiger partial charge in [0.15, 0.2) is 0 Å². The number of anilines is 2. The topological polar surface area (TPSA) is 53.6 Å². The highest BCUT2D eigenvalue weighted by Gasteiger charge is 2.25. The Kier molecular flexibility index (Phi) is 5.81. The number of hydrogen-bond acceptors (Lipinski definition) is 4. The highest BCUT2D eigenvalue weighted by molar-refractivity contribution is 6.32. The van der Waals surface area contributed by atoms with Crippen LogP contribution in [0.2, 0.25) is 0 Å². The lowest BCUT2D eigenvalue weighted by atomic mass is 10.0. The van der Waals surface area contributed by atoms with Gasteiger partial charge in [0.1, 0.15) is 11.9 Å². The minimum absolute atomic E-state index is 0.0983. The quantitative estimate of drug-likeness (QED) is 0.545. The van der Waals surface area contributed by atoms with E-state index in [4.69, 9.17) is 4.74 Å². The number of benzene rings is 2. The molecule has 6 heteroatoms. The summed E-state index contributed by atoms with van der Waals surface area (Å²) in [6, 6.07) is 13.5. The van der Waals surface area contributed by atoms with Crippen LogP contribution in [0.5, 0.6) is 5.75 Å². The number of halogens is 1. The standard InChI is InChI=1S/C23H26FN3O2/c1-16-4-2-5-21-22(16)20(23(28)26-21)14-25-18-6-8-19(9-7-18)29-13-3-11-27-12-10-17(24)15-27/h2,4-9,14,17,25H,3,10-13,15H2,1H3,(H,26,28)/b20-14+. The average Bonchev–Trinajstić information content (AvgIpc) is 3.27. The normalized spacial score (nSPS) is 20.0. The van der Waals surface area contributed by atoms with Crippen molar-refractivity contribution in [1.82, 2.24) is 4.90 Å². The van der Waals surface area contributed by atoms with Crippen LogP contribution in [0.4, 0.5) is 15.8 Å². The van der Waals surface area contributed by atoms with Crippen LogP contribution in [0.25, 0.3) is 5.57 Å². The first-order chi connectivity index (χ1) is 14.1. The van der Waals surface area contributed by atoms with Crippen molar-refractivity contribution in [2.24, 2.45) is 0 Å². The molecule has 4 rings (SSSR count). The van der Waals surface area contributed by atoms with Gasteiger partial charge in [-0.05, 0) is 55.7 Å². The molecule has 2 heterocycles. The molecular weight excluding hydrogens is 369 g/mol. The molecular formula is C23H26FN3O2. The van der Waals surface area contributed by atoms with Crippen LogP contribution >= 0.6 is 0 Å². The van der Waals surface area contributed by atoms with E-state index in [2.05, 4.69) is 15.5 Å². The number of amides is 1. The summed E-state index contributed by atoms with van der Waals surface area (Å²) in [4.78, 5) is 14.4. The summed E-state index contributed by atoms with van der Waals surface area (Å²) >= 11 is 0. The maximum absolute atomic E-state index is 13.2. The number of carbonyl (C=O) groups is 1.